The van der Waals surface area contributed by atoms with Gasteiger partial charge in [0, 0.05) is 5.56 Å². The first kappa shape index (κ1) is 23.3. The predicted molar refractivity (Wildman–Crippen MR) is 148 cm³/mol. The van der Waals surface area contributed by atoms with Crippen LogP contribution >= 0.6 is 11.3 Å². The highest BCUT2D eigenvalue weighted by molar-refractivity contribution is 7.21. The van der Waals surface area contributed by atoms with E-state index in [1.807, 2.05) is 66.7 Å². The number of hydrogen-bond acceptors (Lipinski definition) is 5. The Morgan fingerprint density at radius 3 is 2.19 bits per heavy atom. The van der Waals surface area contributed by atoms with Gasteiger partial charge >= 0.3 is 11.9 Å². The highest BCUT2D eigenvalue weighted by Crippen LogP contribution is 2.38. The van der Waals surface area contributed by atoms with Crippen molar-refractivity contribution in [1.29, 1.82) is 0 Å². The molecule has 6 rings (SSSR count). The number of thiazole rings is 1. The summed E-state index contributed by atoms with van der Waals surface area (Å²) in [5, 5.41) is 0.935. The Kier molecular flexibility index (Phi) is 5.93. The third kappa shape index (κ3) is 4.36. The van der Waals surface area contributed by atoms with E-state index >= 15 is 0 Å². The van der Waals surface area contributed by atoms with Crippen LogP contribution in [0, 0.1) is 0 Å². The average molecular weight is 504 g/mol. The normalized spacial score (nSPS) is 13.6. The fraction of sp³-hybridized carbons (Fsp3) is 0.156. The number of rotatable bonds is 5. The largest absolute Gasteiger partial charge is 0.392 e. The molecule has 0 bridgehead atoms. The van der Waals surface area contributed by atoms with E-state index in [1.165, 1.54) is 22.3 Å². The molecule has 2 unspecified atom stereocenters. The lowest BCUT2D eigenvalue weighted by molar-refractivity contribution is -0.161. The molecule has 2 atom stereocenters. The summed E-state index contributed by atoms with van der Waals surface area (Å²) < 4.78 is 6.40. The number of fused-ring (bicyclic) bond motifs is 4. The van der Waals surface area contributed by atoms with Gasteiger partial charge in [-0.1, -0.05) is 78.9 Å². The maximum Gasteiger partial charge on any atom is 0.320 e. The summed E-state index contributed by atoms with van der Waals surface area (Å²) in [6.45, 7) is 3.55. The maximum atomic E-state index is 12.9. The number of carbonyl (C=O) groups is 2. The molecule has 0 spiro atoms. The topological polar surface area (TPSA) is 56.3 Å². The molecule has 4 nitrogen and oxygen atoms in total. The van der Waals surface area contributed by atoms with Gasteiger partial charge in [-0.05, 0) is 65.8 Å². The van der Waals surface area contributed by atoms with Gasteiger partial charge in [0.1, 0.15) is 5.01 Å². The molecule has 0 N–H and O–H groups in total. The molecule has 0 saturated carbocycles. The first-order valence-electron chi connectivity index (χ1n) is 12.4. The van der Waals surface area contributed by atoms with Gasteiger partial charge in [0.2, 0.25) is 0 Å². The molecule has 0 aliphatic heterocycles. The van der Waals surface area contributed by atoms with Crippen LogP contribution in [0.25, 0.3) is 31.9 Å². The summed E-state index contributed by atoms with van der Waals surface area (Å²) in [5.41, 5.74) is 8.47. The van der Waals surface area contributed by atoms with E-state index in [2.05, 4.69) is 24.3 Å². The molecule has 5 aromatic rings. The lowest BCUT2D eigenvalue weighted by Gasteiger charge is -2.15. The number of nitrogens with zero attached hydrogens (tertiary/aromatic N) is 1. The Labute approximate surface area is 219 Å². The first-order valence-corrected chi connectivity index (χ1v) is 13.2. The molecule has 0 amide bonds. The molecule has 0 fully saturated rings. The number of esters is 2. The lowest BCUT2D eigenvalue weighted by Crippen LogP contribution is -2.21. The zero-order chi connectivity index (χ0) is 25.5. The highest BCUT2D eigenvalue weighted by atomic mass is 32.1. The third-order valence-electron chi connectivity index (χ3n) is 7.16. The van der Waals surface area contributed by atoms with Gasteiger partial charge < -0.3 is 4.74 Å². The number of aromatic nitrogens is 1. The van der Waals surface area contributed by atoms with Crippen molar-refractivity contribution in [2.24, 2.45) is 0 Å². The monoisotopic (exact) mass is 503 g/mol. The van der Waals surface area contributed by atoms with Crippen molar-refractivity contribution in [2.45, 2.75) is 32.1 Å². The Balaban J connectivity index is 1.16. The summed E-state index contributed by atoms with van der Waals surface area (Å²) >= 11 is 1.61. The summed E-state index contributed by atoms with van der Waals surface area (Å²) in [4.78, 5) is 30.6. The molecular weight excluding hydrogens is 478 g/mol. The number of carbonyl (C=O) groups excluding carboxylic acids is 2. The van der Waals surface area contributed by atoms with Crippen molar-refractivity contribution < 1.29 is 14.3 Å². The van der Waals surface area contributed by atoms with Gasteiger partial charge in [-0.15, -0.1) is 11.3 Å². The molecule has 1 aliphatic carbocycles. The van der Waals surface area contributed by atoms with Crippen LogP contribution in [0.4, 0.5) is 0 Å². The van der Waals surface area contributed by atoms with E-state index in [0.29, 0.717) is 0 Å². The maximum absolute atomic E-state index is 12.9. The molecule has 182 valence electrons. The minimum absolute atomic E-state index is 0.534. The van der Waals surface area contributed by atoms with E-state index in [-0.39, 0.29) is 0 Å². The Morgan fingerprint density at radius 2 is 1.41 bits per heavy atom. The molecule has 1 aliphatic rings. The van der Waals surface area contributed by atoms with Crippen LogP contribution in [0.5, 0.6) is 0 Å². The smallest absolute Gasteiger partial charge is 0.320 e. The number of hydrogen-bond donors (Lipinski definition) is 0. The molecule has 1 aromatic heterocycles. The van der Waals surface area contributed by atoms with Crippen LogP contribution < -0.4 is 0 Å². The van der Waals surface area contributed by atoms with Crippen LogP contribution in [0.15, 0.2) is 91.0 Å². The standard InChI is InChI=1S/C32H25NO3S/c1-19(22-12-14-27-25(16-22)17-24-10-6-7-11-26(24)27)31(34)36-32(35)20(2)23-13-15-29-28(18-23)33-30(37-29)21-8-4-3-5-9-21/h3-16,18-20H,17H2,1-2H3. The zero-order valence-electron chi connectivity index (χ0n) is 20.6. The van der Waals surface area contributed by atoms with E-state index in [4.69, 9.17) is 9.72 Å². The summed E-state index contributed by atoms with van der Waals surface area (Å²) in [6, 6.07) is 30.3. The second-order valence-electron chi connectivity index (χ2n) is 9.55. The third-order valence-corrected chi connectivity index (χ3v) is 8.24. The quantitative estimate of drug-likeness (QED) is 0.180. The molecule has 37 heavy (non-hydrogen) atoms. The average Bonchev–Trinajstić information content (AvgIpc) is 3.53. The van der Waals surface area contributed by atoms with Crippen LogP contribution in [-0.2, 0) is 20.7 Å². The van der Waals surface area contributed by atoms with Crippen LogP contribution in [-0.4, -0.2) is 16.9 Å². The fourth-order valence-electron chi connectivity index (χ4n) is 4.90. The summed E-state index contributed by atoms with van der Waals surface area (Å²) in [5.74, 6) is -2.21. The molecular formula is C32H25NO3S. The summed E-state index contributed by atoms with van der Waals surface area (Å²) in [6.07, 6.45) is 0.849. The van der Waals surface area contributed by atoms with Crippen molar-refractivity contribution in [3.8, 4) is 21.7 Å². The zero-order valence-corrected chi connectivity index (χ0v) is 21.4. The molecule has 5 heteroatoms. The van der Waals surface area contributed by atoms with Crippen molar-refractivity contribution in [1.82, 2.24) is 4.98 Å². The second-order valence-corrected chi connectivity index (χ2v) is 10.6. The van der Waals surface area contributed by atoms with E-state index < -0.39 is 23.8 Å². The van der Waals surface area contributed by atoms with E-state index in [1.54, 1.807) is 25.2 Å². The fourth-order valence-corrected chi connectivity index (χ4v) is 5.85. The van der Waals surface area contributed by atoms with Gasteiger partial charge in [0.25, 0.3) is 0 Å². The lowest BCUT2D eigenvalue weighted by atomic mass is 9.96. The van der Waals surface area contributed by atoms with Crippen LogP contribution in [0.1, 0.15) is 47.9 Å². The molecule has 0 saturated heterocycles. The molecule has 0 radical (unpaired) electrons. The Morgan fingerprint density at radius 1 is 0.757 bits per heavy atom. The Hall–Kier alpha value is -4.09. The highest BCUT2D eigenvalue weighted by Gasteiger charge is 2.26. The first-order chi connectivity index (χ1) is 18.0. The molecule has 1 heterocycles. The number of ether oxygens (including phenoxy) is 1. The van der Waals surface area contributed by atoms with Crippen LogP contribution in [0.3, 0.4) is 0 Å². The number of benzene rings is 4. The molecule has 4 aromatic carbocycles. The van der Waals surface area contributed by atoms with Gasteiger partial charge in [0.15, 0.2) is 0 Å². The van der Waals surface area contributed by atoms with Gasteiger partial charge in [-0.25, -0.2) is 4.98 Å². The van der Waals surface area contributed by atoms with Gasteiger partial charge in [-0.3, -0.25) is 9.59 Å². The second kappa shape index (κ2) is 9.41. The summed E-state index contributed by atoms with van der Waals surface area (Å²) in [7, 11) is 0. The Bertz CT molecular complexity index is 1650. The van der Waals surface area contributed by atoms with E-state index in [9.17, 15) is 9.59 Å². The van der Waals surface area contributed by atoms with Crippen LogP contribution in [0.2, 0.25) is 0 Å². The van der Waals surface area contributed by atoms with Gasteiger partial charge in [-0.2, -0.15) is 0 Å². The van der Waals surface area contributed by atoms with Crippen molar-refractivity contribution in [3.63, 3.8) is 0 Å². The van der Waals surface area contributed by atoms with Crippen molar-refractivity contribution in [2.75, 3.05) is 0 Å². The van der Waals surface area contributed by atoms with Crippen molar-refractivity contribution >= 4 is 33.5 Å². The SMILES string of the molecule is CC(C(=O)OC(=O)C(C)c1ccc2sc(-c3ccccc3)nc2c1)c1ccc2c(c1)Cc1ccccc1-2. The van der Waals surface area contributed by atoms with E-state index in [0.717, 1.165) is 38.3 Å². The predicted octanol–water partition coefficient (Wildman–Crippen LogP) is 7.51. The minimum atomic E-state index is -0.586. The van der Waals surface area contributed by atoms with Gasteiger partial charge in [0.05, 0.1) is 22.1 Å². The minimum Gasteiger partial charge on any atom is -0.392 e. The van der Waals surface area contributed by atoms with Crippen molar-refractivity contribution in [3.05, 3.63) is 113 Å².